The molecule has 4 nitrogen and oxygen atoms in total. The van der Waals surface area contributed by atoms with Gasteiger partial charge in [-0.1, -0.05) is 29.3 Å². The van der Waals surface area contributed by atoms with Crippen molar-refractivity contribution in [3.8, 4) is 11.5 Å². The van der Waals surface area contributed by atoms with Crippen LogP contribution >= 0.6 is 23.2 Å². The molecule has 1 aliphatic rings. The molecule has 6 heteroatoms. The van der Waals surface area contributed by atoms with Gasteiger partial charge in [-0.25, -0.2) is 0 Å². The second-order valence-electron chi connectivity index (χ2n) is 4.98. The monoisotopic (exact) mass is 337 g/mol. The maximum atomic E-state index is 12.5. The number of rotatable bonds is 3. The molecule has 22 heavy (non-hydrogen) atoms. The van der Waals surface area contributed by atoms with Crippen LogP contribution < -0.4 is 9.47 Å². The third-order valence-electron chi connectivity index (χ3n) is 3.37. The maximum absolute atomic E-state index is 12.5. The molecule has 114 valence electrons. The fourth-order valence-electron chi connectivity index (χ4n) is 2.23. The summed E-state index contributed by atoms with van der Waals surface area (Å²) in [6, 6.07) is 10.5. The molecule has 0 aromatic heterocycles. The van der Waals surface area contributed by atoms with E-state index in [0.29, 0.717) is 33.7 Å². The Morgan fingerprint density at radius 1 is 1.09 bits per heavy atom. The molecule has 0 fully saturated rings. The average Bonchev–Trinajstić information content (AvgIpc) is 2.97. The molecule has 0 atom stereocenters. The Balaban J connectivity index is 1.75. The first kappa shape index (κ1) is 15.0. The van der Waals surface area contributed by atoms with Gasteiger partial charge < -0.3 is 14.4 Å². The SMILES string of the molecule is CN(Cc1ccc(Cl)c(Cl)c1)C(=O)c1ccc2c(c1)OCO2. The van der Waals surface area contributed by atoms with Gasteiger partial charge in [0.2, 0.25) is 6.79 Å². The summed E-state index contributed by atoms with van der Waals surface area (Å²) in [5.74, 6) is 1.14. The van der Waals surface area contributed by atoms with Gasteiger partial charge in [0.1, 0.15) is 0 Å². The van der Waals surface area contributed by atoms with Crippen LogP contribution in [0.15, 0.2) is 36.4 Å². The minimum absolute atomic E-state index is 0.107. The molecule has 1 heterocycles. The number of carbonyl (C=O) groups is 1. The molecule has 0 saturated heterocycles. The molecule has 3 rings (SSSR count). The molecule has 0 unspecified atom stereocenters. The standard InChI is InChI=1S/C16H13Cl2NO3/c1-19(8-10-2-4-12(17)13(18)6-10)16(20)11-3-5-14-15(7-11)22-9-21-14/h2-7H,8-9H2,1H3. The highest BCUT2D eigenvalue weighted by molar-refractivity contribution is 6.42. The molecule has 0 N–H and O–H groups in total. The van der Waals surface area contributed by atoms with Crippen LogP contribution in [-0.2, 0) is 6.54 Å². The summed E-state index contributed by atoms with van der Waals surface area (Å²) >= 11 is 11.9. The van der Waals surface area contributed by atoms with Gasteiger partial charge in [0, 0.05) is 19.2 Å². The maximum Gasteiger partial charge on any atom is 0.254 e. The number of amides is 1. The summed E-state index contributed by atoms with van der Waals surface area (Å²) < 4.78 is 10.5. The van der Waals surface area contributed by atoms with Crippen LogP contribution in [0.1, 0.15) is 15.9 Å². The van der Waals surface area contributed by atoms with Gasteiger partial charge in [0.25, 0.3) is 5.91 Å². The van der Waals surface area contributed by atoms with Gasteiger partial charge in [-0.2, -0.15) is 0 Å². The van der Waals surface area contributed by atoms with Crippen molar-refractivity contribution in [1.29, 1.82) is 0 Å². The van der Waals surface area contributed by atoms with Crippen LogP contribution in [0.2, 0.25) is 10.0 Å². The zero-order valence-electron chi connectivity index (χ0n) is 11.8. The average molecular weight is 338 g/mol. The smallest absolute Gasteiger partial charge is 0.254 e. The minimum atomic E-state index is -0.107. The van der Waals surface area contributed by atoms with Gasteiger partial charge in [-0.05, 0) is 35.9 Å². The third-order valence-corrected chi connectivity index (χ3v) is 4.11. The number of carbonyl (C=O) groups excluding carboxylic acids is 1. The normalized spacial score (nSPS) is 12.3. The van der Waals surface area contributed by atoms with E-state index in [1.54, 1.807) is 42.3 Å². The zero-order chi connectivity index (χ0) is 15.7. The summed E-state index contributed by atoms with van der Waals surface area (Å²) in [4.78, 5) is 14.1. The van der Waals surface area contributed by atoms with Crippen molar-refractivity contribution in [3.63, 3.8) is 0 Å². The molecule has 2 aromatic carbocycles. The third kappa shape index (κ3) is 2.98. The fraction of sp³-hybridized carbons (Fsp3) is 0.188. The topological polar surface area (TPSA) is 38.8 Å². The summed E-state index contributed by atoms with van der Waals surface area (Å²) in [5.41, 5.74) is 1.46. The Hall–Kier alpha value is -1.91. The van der Waals surface area contributed by atoms with E-state index in [9.17, 15) is 4.79 Å². The van der Waals surface area contributed by atoms with Crippen molar-refractivity contribution in [2.45, 2.75) is 6.54 Å². The molecule has 2 aromatic rings. The van der Waals surface area contributed by atoms with Crippen molar-refractivity contribution >= 4 is 29.1 Å². The molecule has 0 saturated carbocycles. The Bertz CT molecular complexity index is 733. The fourth-order valence-corrected chi connectivity index (χ4v) is 2.55. The van der Waals surface area contributed by atoms with Crippen LogP contribution in [0.3, 0.4) is 0 Å². The van der Waals surface area contributed by atoms with E-state index in [0.717, 1.165) is 5.56 Å². The lowest BCUT2D eigenvalue weighted by Crippen LogP contribution is -2.26. The Kier molecular flexibility index (Phi) is 4.14. The first-order valence-electron chi connectivity index (χ1n) is 6.63. The zero-order valence-corrected chi connectivity index (χ0v) is 13.3. The molecule has 1 aliphatic heterocycles. The van der Waals surface area contributed by atoms with Crippen molar-refractivity contribution in [1.82, 2.24) is 4.90 Å². The number of nitrogens with zero attached hydrogens (tertiary/aromatic N) is 1. The van der Waals surface area contributed by atoms with E-state index in [4.69, 9.17) is 32.7 Å². The lowest BCUT2D eigenvalue weighted by molar-refractivity contribution is 0.0784. The van der Waals surface area contributed by atoms with Gasteiger partial charge in [-0.3, -0.25) is 4.79 Å². The van der Waals surface area contributed by atoms with Gasteiger partial charge in [-0.15, -0.1) is 0 Å². The van der Waals surface area contributed by atoms with Gasteiger partial charge in [0.05, 0.1) is 10.0 Å². The van der Waals surface area contributed by atoms with Crippen molar-refractivity contribution in [2.24, 2.45) is 0 Å². The highest BCUT2D eigenvalue weighted by Gasteiger charge is 2.18. The Morgan fingerprint density at radius 3 is 2.64 bits per heavy atom. The summed E-state index contributed by atoms with van der Waals surface area (Å²) in [6.07, 6.45) is 0. The van der Waals surface area contributed by atoms with E-state index in [2.05, 4.69) is 0 Å². The van der Waals surface area contributed by atoms with Crippen molar-refractivity contribution < 1.29 is 14.3 Å². The van der Waals surface area contributed by atoms with Crippen molar-refractivity contribution in [2.75, 3.05) is 13.8 Å². The predicted molar refractivity (Wildman–Crippen MR) is 84.8 cm³/mol. The number of benzene rings is 2. The van der Waals surface area contributed by atoms with Crippen LogP contribution in [0, 0.1) is 0 Å². The molecular formula is C16H13Cl2NO3. The molecule has 1 amide bonds. The summed E-state index contributed by atoms with van der Waals surface area (Å²) in [5, 5.41) is 0.971. The lowest BCUT2D eigenvalue weighted by Gasteiger charge is -2.18. The van der Waals surface area contributed by atoms with E-state index >= 15 is 0 Å². The number of ether oxygens (including phenoxy) is 2. The number of hydrogen-bond donors (Lipinski definition) is 0. The summed E-state index contributed by atoms with van der Waals surface area (Å²) in [6.45, 7) is 0.621. The van der Waals surface area contributed by atoms with Gasteiger partial charge >= 0.3 is 0 Å². The quantitative estimate of drug-likeness (QED) is 0.849. The molecule has 0 spiro atoms. The van der Waals surface area contributed by atoms with Crippen LogP contribution in [0.4, 0.5) is 0 Å². The summed E-state index contributed by atoms with van der Waals surface area (Å²) in [7, 11) is 1.73. The van der Waals surface area contributed by atoms with Crippen LogP contribution in [0.25, 0.3) is 0 Å². The number of halogens is 2. The van der Waals surface area contributed by atoms with Crippen LogP contribution in [0.5, 0.6) is 11.5 Å². The first-order chi connectivity index (χ1) is 10.5. The van der Waals surface area contributed by atoms with E-state index in [-0.39, 0.29) is 12.7 Å². The Labute approximate surface area is 138 Å². The largest absolute Gasteiger partial charge is 0.454 e. The molecule has 0 bridgehead atoms. The molecule has 0 aliphatic carbocycles. The number of hydrogen-bond acceptors (Lipinski definition) is 3. The van der Waals surface area contributed by atoms with Gasteiger partial charge in [0.15, 0.2) is 11.5 Å². The first-order valence-corrected chi connectivity index (χ1v) is 7.39. The second kappa shape index (κ2) is 6.07. The molecular weight excluding hydrogens is 325 g/mol. The van der Waals surface area contributed by atoms with E-state index in [1.165, 1.54) is 0 Å². The van der Waals surface area contributed by atoms with E-state index in [1.807, 2.05) is 6.07 Å². The Morgan fingerprint density at radius 2 is 1.86 bits per heavy atom. The van der Waals surface area contributed by atoms with Crippen LogP contribution in [-0.4, -0.2) is 24.6 Å². The second-order valence-corrected chi connectivity index (χ2v) is 5.79. The van der Waals surface area contributed by atoms with Crippen molar-refractivity contribution in [3.05, 3.63) is 57.6 Å². The predicted octanol–water partition coefficient (Wildman–Crippen LogP) is 3.99. The molecule has 0 radical (unpaired) electrons. The highest BCUT2D eigenvalue weighted by Crippen LogP contribution is 2.33. The lowest BCUT2D eigenvalue weighted by atomic mass is 10.1. The minimum Gasteiger partial charge on any atom is -0.454 e. The number of fused-ring (bicyclic) bond motifs is 1. The highest BCUT2D eigenvalue weighted by atomic mass is 35.5. The van der Waals surface area contributed by atoms with E-state index < -0.39 is 0 Å².